The van der Waals surface area contributed by atoms with Crippen molar-refractivity contribution >= 4 is 26.9 Å². The van der Waals surface area contributed by atoms with E-state index in [9.17, 15) is 0 Å². The van der Waals surface area contributed by atoms with Crippen LogP contribution in [0, 0.1) is 0 Å². The van der Waals surface area contributed by atoms with Gasteiger partial charge in [-0.25, -0.2) is 0 Å². The lowest BCUT2D eigenvalue weighted by atomic mass is 10.2. The van der Waals surface area contributed by atoms with Crippen LogP contribution in [-0.4, -0.2) is 6.54 Å². The molecule has 0 aliphatic carbocycles. The highest BCUT2D eigenvalue weighted by atomic mass is 79.9. The van der Waals surface area contributed by atoms with Crippen LogP contribution in [0.4, 0.5) is 0 Å². The highest BCUT2D eigenvalue weighted by Crippen LogP contribution is 2.26. The van der Waals surface area contributed by atoms with Gasteiger partial charge in [0.1, 0.15) is 17.1 Å². The summed E-state index contributed by atoms with van der Waals surface area (Å²) in [6.45, 7) is 2.96. The molecule has 1 unspecified atom stereocenters. The Balaban J connectivity index is 1.64. The lowest BCUT2D eigenvalue weighted by Crippen LogP contribution is -2.20. The molecule has 2 aromatic heterocycles. The minimum Gasteiger partial charge on any atom is -0.469 e. The van der Waals surface area contributed by atoms with Gasteiger partial charge in [0.05, 0.1) is 12.3 Å². The van der Waals surface area contributed by atoms with E-state index in [0.29, 0.717) is 0 Å². The van der Waals surface area contributed by atoms with Gasteiger partial charge in [-0.1, -0.05) is 15.9 Å². The van der Waals surface area contributed by atoms with Gasteiger partial charge in [0.2, 0.25) is 0 Å². The molecule has 2 heterocycles. The maximum atomic E-state index is 5.87. The predicted octanol–water partition coefficient (Wildman–Crippen LogP) is 4.68. The molecule has 0 spiro atoms. The van der Waals surface area contributed by atoms with Crippen LogP contribution in [0.1, 0.15) is 24.5 Å². The molecule has 1 N–H and O–H groups in total. The Morgan fingerprint density at radius 3 is 2.95 bits per heavy atom. The molecule has 4 heteroatoms. The molecule has 0 saturated carbocycles. The fourth-order valence-corrected chi connectivity index (χ4v) is 2.59. The van der Waals surface area contributed by atoms with Crippen molar-refractivity contribution < 1.29 is 8.83 Å². The quantitative estimate of drug-likeness (QED) is 0.736. The molecule has 1 aromatic carbocycles. The van der Waals surface area contributed by atoms with Crippen molar-refractivity contribution in [2.45, 2.75) is 19.4 Å². The van der Waals surface area contributed by atoms with Gasteiger partial charge in [-0.3, -0.25) is 0 Å². The Labute approximate surface area is 126 Å². The number of rotatable bonds is 5. The van der Waals surface area contributed by atoms with Gasteiger partial charge in [0.25, 0.3) is 0 Å². The van der Waals surface area contributed by atoms with Gasteiger partial charge in [-0.15, -0.1) is 0 Å². The number of halogens is 1. The molecule has 3 rings (SSSR count). The third kappa shape index (κ3) is 2.97. The molecule has 20 heavy (non-hydrogen) atoms. The van der Waals surface area contributed by atoms with E-state index in [4.69, 9.17) is 8.83 Å². The van der Waals surface area contributed by atoms with Gasteiger partial charge >= 0.3 is 0 Å². The lowest BCUT2D eigenvalue weighted by molar-refractivity contribution is 0.439. The lowest BCUT2D eigenvalue weighted by Gasteiger charge is -2.10. The first-order valence-corrected chi connectivity index (χ1v) is 7.46. The molecule has 0 bridgehead atoms. The van der Waals surface area contributed by atoms with Crippen molar-refractivity contribution in [1.82, 2.24) is 5.32 Å². The third-order valence-corrected chi connectivity index (χ3v) is 3.82. The van der Waals surface area contributed by atoms with Crippen LogP contribution in [0.3, 0.4) is 0 Å². The van der Waals surface area contributed by atoms with Crippen molar-refractivity contribution in [2.24, 2.45) is 0 Å². The Bertz CT molecular complexity index is 688. The summed E-state index contributed by atoms with van der Waals surface area (Å²) in [6.07, 6.45) is 2.58. The second kappa shape index (κ2) is 5.85. The van der Waals surface area contributed by atoms with E-state index < -0.39 is 0 Å². The average molecular weight is 334 g/mol. The highest BCUT2D eigenvalue weighted by molar-refractivity contribution is 9.10. The number of furan rings is 2. The number of hydrogen-bond acceptors (Lipinski definition) is 3. The first-order valence-electron chi connectivity index (χ1n) is 6.67. The molecule has 1 atom stereocenters. The average Bonchev–Trinajstić information content (AvgIpc) is 3.06. The van der Waals surface area contributed by atoms with Crippen molar-refractivity contribution in [2.75, 3.05) is 6.54 Å². The van der Waals surface area contributed by atoms with Crippen LogP contribution in [-0.2, 0) is 6.42 Å². The van der Waals surface area contributed by atoms with Gasteiger partial charge in [0, 0.05) is 22.8 Å². The molecule has 0 fully saturated rings. The van der Waals surface area contributed by atoms with Gasteiger partial charge in [-0.2, -0.15) is 0 Å². The van der Waals surface area contributed by atoms with Crippen LogP contribution in [0.15, 0.2) is 56.0 Å². The minimum absolute atomic E-state index is 0.177. The molecule has 0 aliphatic rings. The summed E-state index contributed by atoms with van der Waals surface area (Å²) < 4.78 is 12.2. The molecular weight excluding hydrogens is 318 g/mol. The van der Waals surface area contributed by atoms with E-state index in [1.807, 2.05) is 24.3 Å². The fraction of sp³-hybridized carbons (Fsp3) is 0.250. The summed E-state index contributed by atoms with van der Waals surface area (Å²) in [6, 6.07) is 12.2. The summed E-state index contributed by atoms with van der Waals surface area (Å²) >= 11 is 3.47. The Morgan fingerprint density at radius 1 is 1.25 bits per heavy atom. The van der Waals surface area contributed by atoms with E-state index >= 15 is 0 Å². The second-order valence-electron chi connectivity index (χ2n) is 4.84. The molecule has 104 valence electrons. The zero-order valence-corrected chi connectivity index (χ0v) is 12.8. The normalized spacial score (nSPS) is 12.9. The fourth-order valence-electron chi connectivity index (χ4n) is 2.22. The van der Waals surface area contributed by atoms with Gasteiger partial charge in [-0.05, 0) is 43.3 Å². The minimum atomic E-state index is 0.177. The number of hydrogen-bond donors (Lipinski definition) is 1. The monoisotopic (exact) mass is 333 g/mol. The first-order chi connectivity index (χ1) is 9.72. The van der Waals surface area contributed by atoms with E-state index in [1.165, 1.54) is 0 Å². The molecule has 0 amide bonds. The third-order valence-electron chi connectivity index (χ3n) is 3.33. The molecule has 3 aromatic rings. The summed E-state index contributed by atoms with van der Waals surface area (Å²) in [5, 5.41) is 4.57. The Kier molecular flexibility index (Phi) is 3.94. The highest BCUT2D eigenvalue weighted by Gasteiger charge is 2.11. The van der Waals surface area contributed by atoms with E-state index in [2.05, 4.69) is 40.3 Å². The SMILES string of the molecule is CC(NCCc1ccco1)c1cc2cc(Br)ccc2o1. The van der Waals surface area contributed by atoms with Gasteiger partial charge in [0.15, 0.2) is 0 Å². The maximum absolute atomic E-state index is 5.87. The predicted molar refractivity (Wildman–Crippen MR) is 82.7 cm³/mol. The Hall–Kier alpha value is -1.52. The van der Waals surface area contributed by atoms with Crippen molar-refractivity contribution in [3.05, 3.63) is 58.7 Å². The van der Waals surface area contributed by atoms with E-state index in [0.717, 1.165) is 39.9 Å². The van der Waals surface area contributed by atoms with Crippen molar-refractivity contribution in [3.8, 4) is 0 Å². The standard InChI is InChI=1S/C16H16BrNO2/c1-11(18-7-6-14-3-2-8-19-14)16-10-12-9-13(17)4-5-15(12)20-16/h2-5,8-11,18H,6-7H2,1H3. The smallest absolute Gasteiger partial charge is 0.134 e. The molecule has 3 nitrogen and oxygen atoms in total. The van der Waals surface area contributed by atoms with Crippen LogP contribution in [0.5, 0.6) is 0 Å². The zero-order chi connectivity index (χ0) is 13.9. The largest absolute Gasteiger partial charge is 0.469 e. The van der Waals surface area contributed by atoms with Crippen LogP contribution >= 0.6 is 15.9 Å². The topological polar surface area (TPSA) is 38.3 Å². The summed E-state index contributed by atoms with van der Waals surface area (Å²) in [5.41, 5.74) is 0.919. The number of benzene rings is 1. The molecule has 0 aliphatic heterocycles. The number of fused-ring (bicyclic) bond motifs is 1. The summed E-state index contributed by atoms with van der Waals surface area (Å²) in [5.74, 6) is 1.95. The van der Waals surface area contributed by atoms with Crippen molar-refractivity contribution in [1.29, 1.82) is 0 Å². The number of nitrogens with one attached hydrogen (secondary N) is 1. The maximum Gasteiger partial charge on any atom is 0.134 e. The van der Waals surface area contributed by atoms with E-state index in [1.54, 1.807) is 6.26 Å². The summed E-state index contributed by atoms with van der Waals surface area (Å²) in [7, 11) is 0. The first kappa shape index (κ1) is 13.5. The van der Waals surface area contributed by atoms with E-state index in [-0.39, 0.29) is 6.04 Å². The Morgan fingerprint density at radius 2 is 2.15 bits per heavy atom. The second-order valence-corrected chi connectivity index (χ2v) is 5.75. The van der Waals surface area contributed by atoms with Crippen molar-refractivity contribution in [3.63, 3.8) is 0 Å². The van der Waals surface area contributed by atoms with Crippen LogP contribution in [0.2, 0.25) is 0 Å². The zero-order valence-electron chi connectivity index (χ0n) is 11.2. The molecule has 0 radical (unpaired) electrons. The summed E-state index contributed by atoms with van der Waals surface area (Å²) in [4.78, 5) is 0. The van der Waals surface area contributed by atoms with Gasteiger partial charge < -0.3 is 14.2 Å². The van der Waals surface area contributed by atoms with Crippen LogP contribution < -0.4 is 5.32 Å². The molecule has 0 saturated heterocycles. The van der Waals surface area contributed by atoms with Crippen LogP contribution in [0.25, 0.3) is 11.0 Å². The molecular formula is C16H16BrNO2.